The number of ether oxygens (including phenoxy) is 1. The molecule has 0 spiro atoms. The number of nitrogens with one attached hydrogen (secondary N) is 1. The van der Waals surface area contributed by atoms with Crippen molar-refractivity contribution in [2.45, 2.75) is 31.8 Å². The molecule has 0 bridgehead atoms. The molecule has 0 aliphatic carbocycles. The summed E-state index contributed by atoms with van der Waals surface area (Å²) in [5.41, 5.74) is 2.50. The fourth-order valence-corrected chi connectivity index (χ4v) is 3.39. The van der Waals surface area contributed by atoms with E-state index in [1.165, 1.54) is 13.5 Å². The van der Waals surface area contributed by atoms with Crippen LogP contribution in [0.2, 0.25) is 0 Å². The Bertz CT molecular complexity index is 753. The molecule has 27 heavy (non-hydrogen) atoms. The zero-order valence-electron chi connectivity index (χ0n) is 15.7. The number of hydrogen-bond donors (Lipinski definition) is 1. The molecule has 1 heterocycles. The van der Waals surface area contributed by atoms with E-state index < -0.39 is 0 Å². The Morgan fingerprint density at radius 3 is 2.30 bits per heavy atom. The quantitative estimate of drug-likeness (QED) is 0.797. The van der Waals surface area contributed by atoms with Crippen molar-refractivity contribution in [3.05, 3.63) is 71.3 Å². The second kappa shape index (κ2) is 9.33. The molecule has 0 radical (unpaired) electrons. The van der Waals surface area contributed by atoms with Crippen LogP contribution in [0.25, 0.3) is 0 Å². The lowest BCUT2D eigenvalue weighted by Gasteiger charge is -2.31. The minimum Gasteiger partial charge on any atom is -0.465 e. The molecule has 1 aliphatic heterocycles. The van der Waals surface area contributed by atoms with E-state index in [-0.39, 0.29) is 17.9 Å². The van der Waals surface area contributed by atoms with Gasteiger partial charge in [-0.2, -0.15) is 0 Å². The summed E-state index contributed by atoms with van der Waals surface area (Å²) < 4.78 is 4.73. The topological polar surface area (TPSA) is 58.6 Å². The van der Waals surface area contributed by atoms with Crippen LogP contribution in [0.4, 0.5) is 0 Å². The van der Waals surface area contributed by atoms with E-state index >= 15 is 0 Å². The maximum Gasteiger partial charge on any atom is 0.337 e. The average Bonchev–Trinajstić information content (AvgIpc) is 2.75. The van der Waals surface area contributed by atoms with Gasteiger partial charge in [0.2, 0.25) is 5.91 Å². The highest BCUT2D eigenvalue weighted by molar-refractivity contribution is 5.89. The summed E-state index contributed by atoms with van der Waals surface area (Å²) in [4.78, 5) is 26.6. The Labute approximate surface area is 160 Å². The number of hydrogen-bond acceptors (Lipinski definition) is 4. The van der Waals surface area contributed by atoms with E-state index in [1.807, 2.05) is 47.4 Å². The number of rotatable bonds is 6. The number of piperidine rings is 1. The first-order chi connectivity index (χ1) is 13.2. The third-order valence-electron chi connectivity index (χ3n) is 4.93. The van der Waals surface area contributed by atoms with Gasteiger partial charge in [-0.05, 0) is 42.5 Å². The standard InChI is InChI=1S/C22H26N2O3/c1-27-22(26)19-12-10-17(11-13-19)16-23-20(18-8-4-2-5-9-18)21(25)24-14-6-3-7-15-24/h2,4-5,8-13,20,23H,3,6-7,14-16H2,1H3. The maximum absolute atomic E-state index is 13.1. The van der Waals surface area contributed by atoms with Crippen molar-refractivity contribution >= 4 is 11.9 Å². The number of likely N-dealkylation sites (tertiary alicyclic amines) is 1. The van der Waals surface area contributed by atoms with Gasteiger partial charge in [0.05, 0.1) is 12.7 Å². The van der Waals surface area contributed by atoms with Crippen LogP contribution in [0, 0.1) is 0 Å². The van der Waals surface area contributed by atoms with Crippen molar-refractivity contribution in [2.24, 2.45) is 0 Å². The molecule has 1 atom stereocenters. The van der Waals surface area contributed by atoms with Crippen LogP contribution in [-0.4, -0.2) is 37.0 Å². The Hall–Kier alpha value is -2.66. The Kier molecular flexibility index (Phi) is 6.60. The predicted molar refractivity (Wildman–Crippen MR) is 104 cm³/mol. The third-order valence-corrected chi connectivity index (χ3v) is 4.93. The van der Waals surface area contributed by atoms with Crippen molar-refractivity contribution in [1.82, 2.24) is 10.2 Å². The number of amides is 1. The van der Waals surface area contributed by atoms with Gasteiger partial charge in [-0.3, -0.25) is 10.1 Å². The molecule has 5 heteroatoms. The SMILES string of the molecule is COC(=O)c1ccc(CNC(C(=O)N2CCCCC2)c2ccccc2)cc1. The van der Waals surface area contributed by atoms with Crippen LogP contribution in [0.3, 0.4) is 0 Å². The van der Waals surface area contributed by atoms with Gasteiger partial charge in [0, 0.05) is 19.6 Å². The highest BCUT2D eigenvalue weighted by Crippen LogP contribution is 2.20. The van der Waals surface area contributed by atoms with Gasteiger partial charge >= 0.3 is 5.97 Å². The summed E-state index contributed by atoms with van der Waals surface area (Å²) in [5.74, 6) is -0.218. The number of esters is 1. The zero-order valence-corrected chi connectivity index (χ0v) is 15.7. The van der Waals surface area contributed by atoms with E-state index in [9.17, 15) is 9.59 Å². The Morgan fingerprint density at radius 2 is 1.67 bits per heavy atom. The average molecular weight is 366 g/mol. The second-order valence-corrected chi connectivity index (χ2v) is 6.80. The highest BCUT2D eigenvalue weighted by atomic mass is 16.5. The summed E-state index contributed by atoms with van der Waals surface area (Å²) >= 11 is 0. The van der Waals surface area contributed by atoms with Crippen molar-refractivity contribution in [2.75, 3.05) is 20.2 Å². The van der Waals surface area contributed by atoms with Crippen LogP contribution in [0.1, 0.15) is 46.8 Å². The second-order valence-electron chi connectivity index (χ2n) is 6.80. The summed E-state index contributed by atoms with van der Waals surface area (Å²) in [6.45, 7) is 2.20. The minimum atomic E-state index is -0.371. The van der Waals surface area contributed by atoms with Gasteiger partial charge in [0.25, 0.3) is 0 Å². The molecule has 3 rings (SSSR count). The molecule has 1 unspecified atom stereocenters. The van der Waals surface area contributed by atoms with E-state index in [4.69, 9.17) is 4.74 Å². The lowest BCUT2D eigenvalue weighted by atomic mass is 10.0. The molecule has 2 aromatic carbocycles. The molecular weight excluding hydrogens is 340 g/mol. The molecule has 1 amide bonds. The molecular formula is C22H26N2O3. The molecule has 1 aliphatic rings. The van der Waals surface area contributed by atoms with Crippen LogP contribution < -0.4 is 5.32 Å². The number of nitrogens with zero attached hydrogens (tertiary/aromatic N) is 1. The summed E-state index contributed by atoms with van der Waals surface area (Å²) in [6.07, 6.45) is 3.34. The normalized spacial score (nSPS) is 15.2. The van der Waals surface area contributed by atoms with Crippen LogP contribution in [-0.2, 0) is 16.1 Å². The summed E-state index contributed by atoms with van der Waals surface area (Å²) in [7, 11) is 1.37. The first kappa shape index (κ1) is 19.1. The zero-order chi connectivity index (χ0) is 19.1. The van der Waals surface area contributed by atoms with Crippen molar-refractivity contribution in [3.63, 3.8) is 0 Å². The fourth-order valence-electron chi connectivity index (χ4n) is 3.39. The van der Waals surface area contributed by atoms with Gasteiger partial charge in [-0.1, -0.05) is 42.5 Å². The molecule has 0 aromatic heterocycles. The lowest BCUT2D eigenvalue weighted by molar-refractivity contribution is -0.134. The maximum atomic E-state index is 13.1. The fraction of sp³-hybridized carbons (Fsp3) is 0.364. The summed E-state index contributed by atoms with van der Waals surface area (Å²) in [6, 6.07) is 16.7. The molecule has 0 saturated carbocycles. The molecule has 142 valence electrons. The number of methoxy groups -OCH3 is 1. The van der Waals surface area contributed by atoms with E-state index in [1.54, 1.807) is 12.1 Å². The molecule has 1 N–H and O–H groups in total. The molecule has 1 saturated heterocycles. The highest BCUT2D eigenvalue weighted by Gasteiger charge is 2.26. The number of carbonyl (C=O) groups is 2. The number of benzene rings is 2. The van der Waals surface area contributed by atoms with Crippen molar-refractivity contribution in [1.29, 1.82) is 0 Å². The number of carbonyl (C=O) groups excluding carboxylic acids is 2. The van der Waals surface area contributed by atoms with Crippen molar-refractivity contribution in [3.8, 4) is 0 Å². The van der Waals surface area contributed by atoms with E-state index in [2.05, 4.69) is 5.32 Å². The van der Waals surface area contributed by atoms with Crippen LogP contribution >= 0.6 is 0 Å². The van der Waals surface area contributed by atoms with Gasteiger partial charge in [-0.15, -0.1) is 0 Å². The van der Waals surface area contributed by atoms with E-state index in [0.29, 0.717) is 12.1 Å². The van der Waals surface area contributed by atoms with Gasteiger partial charge < -0.3 is 9.64 Å². The van der Waals surface area contributed by atoms with Gasteiger partial charge in [0.15, 0.2) is 0 Å². The van der Waals surface area contributed by atoms with Gasteiger partial charge in [0.1, 0.15) is 6.04 Å². The Morgan fingerprint density at radius 1 is 1.00 bits per heavy atom. The molecule has 5 nitrogen and oxygen atoms in total. The van der Waals surface area contributed by atoms with Crippen molar-refractivity contribution < 1.29 is 14.3 Å². The minimum absolute atomic E-state index is 0.132. The Balaban J connectivity index is 1.71. The molecule has 2 aromatic rings. The largest absolute Gasteiger partial charge is 0.465 e. The van der Waals surface area contributed by atoms with Crippen LogP contribution in [0.15, 0.2) is 54.6 Å². The first-order valence-electron chi connectivity index (χ1n) is 9.43. The first-order valence-corrected chi connectivity index (χ1v) is 9.43. The summed E-state index contributed by atoms with van der Waals surface area (Å²) in [5, 5.41) is 3.40. The molecule has 1 fully saturated rings. The monoisotopic (exact) mass is 366 g/mol. The third kappa shape index (κ3) is 4.95. The van der Waals surface area contributed by atoms with E-state index in [0.717, 1.165) is 37.1 Å². The lowest BCUT2D eigenvalue weighted by Crippen LogP contribution is -2.43. The predicted octanol–water partition coefficient (Wildman–Crippen LogP) is 3.32. The smallest absolute Gasteiger partial charge is 0.337 e. The van der Waals surface area contributed by atoms with Crippen LogP contribution in [0.5, 0.6) is 0 Å². The van der Waals surface area contributed by atoms with Gasteiger partial charge in [-0.25, -0.2) is 4.79 Å².